The van der Waals surface area contributed by atoms with Crippen molar-refractivity contribution in [2.75, 3.05) is 0 Å². The number of hydrogen-bond acceptors (Lipinski definition) is 4. The molecule has 3 aromatic rings. The summed E-state index contributed by atoms with van der Waals surface area (Å²) in [6.45, 7) is 0. The zero-order valence-corrected chi connectivity index (χ0v) is 12.7. The second kappa shape index (κ2) is 6.04. The van der Waals surface area contributed by atoms with Gasteiger partial charge in [-0.25, -0.2) is 14.8 Å². The van der Waals surface area contributed by atoms with E-state index in [4.69, 9.17) is 0 Å². The van der Waals surface area contributed by atoms with Crippen molar-refractivity contribution in [1.82, 2.24) is 9.97 Å². The Balaban J connectivity index is 2.08. The molecule has 24 heavy (non-hydrogen) atoms. The van der Waals surface area contributed by atoms with Crippen molar-refractivity contribution < 1.29 is 23.1 Å². The summed E-state index contributed by atoms with van der Waals surface area (Å²) in [6, 6.07) is 9.13. The predicted octanol–water partition coefficient (Wildman–Crippen LogP) is 4.59. The van der Waals surface area contributed by atoms with Gasteiger partial charge in [0.15, 0.2) is 11.5 Å². The standard InChI is InChI=1S/C16H9F3N2O2S/c17-16(18,19)10-5-3-9(4-6-10)11-8-12(15(22)23)21-14(20-11)13-2-1-7-24-13/h1-8H,(H,22,23). The number of carboxylic acids is 1. The van der Waals surface area contributed by atoms with E-state index in [1.54, 1.807) is 17.5 Å². The van der Waals surface area contributed by atoms with E-state index in [0.29, 0.717) is 10.4 Å². The minimum absolute atomic E-state index is 0.219. The van der Waals surface area contributed by atoms with Crippen LogP contribution in [0.5, 0.6) is 0 Å². The summed E-state index contributed by atoms with van der Waals surface area (Å²) in [4.78, 5) is 20.2. The number of rotatable bonds is 3. The van der Waals surface area contributed by atoms with Crippen molar-refractivity contribution >= 4 is 17.3 Å². The van der Waals surface area contributed by atoms with Crippen molar-refractivity contribution in [3.8, 4) is 22.0 Å². The Morgan fingerprint density at radius 2 is 1.79 bits per heavy atom. The summed E-state index contributed by atoms with van der Waals surface area (Å²) in [5, 5.41) is 11.0. The van der Waals surface area contributed by atoms with Gasteiger partial charge >= 0.3 is 12.1 Å². The molecule has 1 N–H and O–H groups in total. The van der Waals surface area contributed by atoms with Gasteiger partial charge in [0, 0.05) is 5.56 Å². The largest absolute Gasteiger partial charge is 0.477 e. The van der Waals surface area contributed by atoms with Gasteiger partial charge in [-0.15, -0.1) is 11.3 Å². The lowest BCUT2D eigenvalue weighted by atomic mass is 10.1. The third-order valence-electron chi connectivity index (χ3n) is 3.19. The van der Waals surface area contributed by atoms with Crippen LogP contribution in [0.2, 0.25) is 0 Å². The third kappa shape index (κ3) is 3.28. The fraction of sp³-hybridized carbons (Fsp3) is 0.0625. The Hall–Kier alpha value is -2.74. The van der Waals surface area contributed by atoms with Crippen LogP contribution in [0, 0.1) is 0 Å². The Bertz CT molecular complexity index is 875. The van der Waals surface area contributed by atoms with Crippen LogP contribution in [0.25, 0.3) is 22.0 Å². The molecule has 2 aromatic heterocycles. The monoisotopic (exact) mass is 350 g/mol. The average Bonchev–Trinajstić information content (AvgIpc) is 3.08. The molecule has 0 bridgehead atoms. The maximum absolute atomic E-state index is 12.6. The zero-order chi connectivity index (χ0) is 17.3. The minimum Gasteiger partial charge on any atom is -0.477 e. The molecule has 0 saturated heterocycles. The number of aromatic nitrogens is 2. The maximum Gasteiger partial charge on any atom is 0.416 e. The van der Waals surface area contributed by atoms with E-state index in [0.717, 1.165) is 12.1 Å². The van der Waals surface area contributed by atoms with Crippen molar-refractivity contribution in [2.24, 2.45) is 0 Å². The van der Waals surface area contributed by atoms with Crippen molar-refractivity contribution in [3.05, 3.63) is 59.1 Å². The highest BCUT2D eigenvalue weighted by atomic mass is 32.1. The number of carboxylic acid groups (broad SMARTS) is 1. The van der Waals surface area contributed by atoms with E-state index >= 15 is 0 Å². The van der Waals surface area contributed by atoms with Crippen molar-refractivity contribution in [2.45, 2.75) is 6.18 Å². The molecule has 0 saturated carbocycles. The summed E-state index contributed by atoms with van der Waals surface area (Å²) in [7, 11) is 0. The van der Waals surface area contributed by atoms with E-state index in [1.807, 2.05) is 0 Å². The van der Waals surface area contributed by atoms with E-state index in [-0.39, 0.29) is 17.2 Å². The van der Waals surface area contributed by atoms with Crippen LogP contribution in [-0.4, -0.2) is 21.0 Å². The van der Waals surface area contributed by atoms with Gasteiger partial charge in [-0.05, 0) is 29.6 Å². The Morgan fingerprint density at radius 3 is 2.33 bits per heavy atom. The van der Waals surface area contributed by atoms with Gasteiger partial charge in [-0.3, -0.25) is 0 Å². The first-order valence-corrected chi connectivity index (χ1v) is 7.56. The van der Waals surface area contributed by atoms with Gasteiger partial charge < -0.3 is 5.11 Å². The highest BCUT2D eigenvalue weighted by molar-refractivity contribution is 7.13. The quantitative estimate of drug-likeness (QED) is 0.750. The Kier molecular flexibility index (Phi) is 4.06. The lowest BCUT2D eigenvalue weighted by Gasteiger charge is -2.08. The summed E-state index contributed by atoms with van der Waals surface area (Å²) >= 11 is 1.34. The highest BCUT2D eigenvalue weighted by Gasteiger charge is 2.30. The zero-order valence-electron chi connectivity index (χ0n) is 11.9. The lowest BCUT2D eigenvalue weighted by Crippen LogP contribution is -2.05. The second-order valence-electron chi connectivity index (χ2n) is 4.82. The number of aromatic carboxylic acids is 1. The molecule has 1 aromatic carbocycles. The van der Waals surface area contributed by atoms with Gasteiger partial charge in [0.05, 0.1) is 16.1 Å². The summed E-state index contributed by atoms with van der Waals surface area (Å²) in [5.41, 5.74) is -0.370. The highest BCUT2D eigenvalue weighted by Crippen LogP contribution is 2.31. The number of nitrogens with zero attached hydrogens (tertiary/aromatic N) is 2. The van der Waals surface area contributed by atoms with E-state index in [2.05, 4.69) is 9.97 Å². The van der Waals surface area contributed by atoms with E-state index in [1.165, 1.54) is 29.5 Å². The molecule has 0 aliphatic heterocycles. The molecule has 2 heterocycles. The molecule has 0 aliphatic rings. The molecule has 0 amide bonds. The fourth-order valence-electron chi connectivity index (χ4n) is 2.05. The number of alkyl halides is 3. The van der Waals surface area contributed by atoms with Gasteiger partial charge in [0.1, 0.15) is 0 Å². The molecular weight excluding hydrogens is 341 g/mol. The first-order valence-electron chi connectivity index (χ1n) is 6.68. The smallest absolute Gasteiger partial charge is 0.416 e. The van der Waals surface area contributed by atoms with Crippen LogP contribution in [-0.2, 0) is 6.18 Å². The Labute approximate surface area is 138 Å². The first kappa shape index (κ1) is 16.1. The number of benzene rings is 1. The SMILES string of the molecule is O=C(O)c1cc(-c2ccc(C(F)(F)F)cc2)nc(-c2cccs2)n1. The predicted molar refractivity (Wildman–Crippen MR) is 82.7 cm³/mol. The summed E-state index contributed by atoms with van der Waals surface area (Å²) in [5.74, 6) is -1.01. The van der Waals surface area contributed by atoms with Gasteiger partial charge in [0.25, 0.3) is 0 Å². The lowest BCUT2D eigenvalue weighted by molar-refractivity contribution is -0.137. The third-order valence-corrected chi connectivity index (χ3v) is 4.06. The van der Waals surface area contributed by atoms with Gasteiger partial charge in [-0.2, -0.15) is 13.2 Å². The van der Waals surface area contributed by atoms with Crippen molar-refractivity contribution in [1.29, 1.82) is 0 Å². The molecule has 0 fully saturated rings. The van der Waals surface area contributed by atoms with E-state index in [9.17, 15) is 23.1 Å². The number of hydrogen-bond donors (Lipinski definition) is 1. The van der Waals surface area contributed by atoms with Crippen LogP contribution in [0.3, 0.4) is 0 Å². The normalized spacial score (nSPS) is 11.5. The summed E-state index contributed by atoms with van der Waals surface area (Å²) < 4.78 is 37.9. The topological polar surface area (TPSA) is 63.1 Å². The van der Waals surface area contributed by atoms with Crippen LogP contribution in [0.15, 0.2) is 47.8 Å². The van der Waals surface area contributed by atoms with Crippen LogP contribution >= 0.6 is 11.3 Å². The Morgan fingerprint density at radius 1 is 1.08 bits per heavy atom. The number of halogens is 3. The number of carbonyl (C=O) groups is 1. The molecule has 122 valence electrons. The maximum atomic E-state index is 12.6. The average molecular weight is 350 g/mol. The fourth-order valence-corrected chi connectivity index (χ4v) is 2.71. The molecule has 4 nitrogen and oxygen atoms in total. The molecule has 0 unspecified atom stereocenters. The number of thiophene rings is 1. The van der Waals surface area contributed by atoms with Gasteiger partial charge in [0.2, 0.25) is 0 Å². The molecule has 3 rings (SSSR count). The molecular formula is C16H9F3N2O2S. The molecule has 8 heteroatoms. The van der Waals surface area contributed by atoms with Gasteiger partial charge in [-0.1, -0.05) is 18.2 Å². The minimum atomic E-state index is -4.43. The van der Waals surface area contributed by atoms with Crippen LogP contribution in [0.4, 0.5) is 13.2 Å². The molecule has 0 radical (unpaired) electrons. The summed E-state index contributed by atoms with van der Waals surface area (Å²) in [6.07, 6.45) is -4.43. The second-order valence-corrected chi connectivity index (χ2v) is 5.77. The van der Waals surface area contributed by atoms with Crippen LogP contribution < -0.4 is 0 Å². The molecule has 0 aliphatic carbocycles. The van der Waals surface area contributed by atoms with Crippen LogP contribution in [0.1, 0.15) is 16.1 Å². The van der Waals surface area contributed by atoms with E-state index < -0.39 is 17.7 Å². The van der Waals surface area contributed by atoms with Crippen molar-refractivity contribution in [3.63, 3.8) is 0 Å². The molecule has 0 atom stereocenters. The molecule has 0 spiro atoms. The first-order chi connectivity index (χ1) is 11.3.